The van der Waals surface area contributed by atoms with E-state index < -0.39 is 23.2 Å². The van der Waals surface area contributed by atoms with E-state index in [0.29, 0.717) is 25.9 Å². The van der Waals surface area contributed by atoms with E-state index in [2.05, 4.69) is 10.3 Å². The molecule has 2 aliphatic rings. The third-order valence-electron chi connectivity index (χ3n) is 6.33. The summed E-state index contributed by atoms with van der Waals surface area (Å²) in [7, 11) is 0. The van der Waals surface area contributed by atoms with Crippen molar-refractivity contribution in [3.8, 4) is 0 Å². The Morgan fingerprint density at radius 3 is 2.34 bits per heavy atom. The highest BCUT2D eigenvalue weighted by molar-refractivity contribution is 6.07. The zero-order valence-electron chi connectivity index (χ0n) is 17.7. The van der Waals surface area contributed by atoms with Gasteiger partial charge in [-0.05, 0) is 61.1 Å². The van der Waals surface area contributed by atoms with Crippen LogP contribution in [-0.2, 0) is 22.6 Å². The van der Waals surface area contributed by atoms with Gasteiger partial charge in [-0.2, -0.15) is 0 Å². The highest BCUT2D eigenvalue weighted by Gasteiger charge is 2.52. The van der Waals surface area contributed by atoms with Crippen molar-refractivity contribution >= 4 is 17.8 Å². The summed E-state index contributed by atoms with van der Waals surface area (Å²) in [6.45, 7) is 2.72. The molecule has 0 radical (unpaired) electrons. The molecule has 4 amide bonds. The Morgan fingerprint density at radius 2 is 1.72 bits per heavy atom. The second-order valence-electron chi connectivity index (χ2n) is 8.49. The van der Waals surface area contributed by atoms with Gasteiger partial charge in [-0.15, -0.1) is 0 Å². The van der Waals surface area contributed by atoms with E-state index in [4.69, 9.17) is 0 Å². The molecule has 2 fully saturated rings. The van der Waals surface area contributed by atoms with Crippen LogP contribution in [-0.4, -0.2) is 51.3 Å². The van der Waals surface area contributed by atoms with Crippen LogP contribution in [0.2, 0.25) is 0 Å². The van der Waals surface area contributed by atoms with E-state index in [0.717, 1.165) is 23.8 Å². The molecule has 0 saturated carbocycles. The SMILES string of the molecule is C[C@]1(C2CCN(C(=O)Cc3cc(F)cc(F)c3)CC2)NC(=O)N(Cc2ccncc2)C1=O. The number of hydrogen-bond acceptors (Lipinski definition) is 4. The van der Waals surface area contributed by atoms with Crippen LogP contribution < -0.4 is 5.32 Å². The van der Waals surface area contributed by atoms with Crippen LogP contribution in [0.1, 0.15) is 30.9 Å². The fourth-order valence-electron chi connectivity index (χ4n) is 4.51. The summed E-state index contributed by atoms with van der Waals surface area (Å²) in [5, 5.41) is 2.85. The Morgan fingerprint density at radius 1 is 1.09 bits per heavy atom. The number of urea groups is 1. The first kappa shape index (κ1) is 21.9. The van der Waals surface area contributed by atoms with Crippen molar-refractivity contribution in [3.05, 3.63) is 65.5 Å². The van der Waals surface area contributed by atoms with Gasteiger partial charge in [0, 0.05) is 31.5 Å². The molecule has 1 aromatic carbocycles. The molecule has 0 spiro atoms. The number of halogens is 2. The third kappa shape index (κ3) is 4.32. The minimum atomic E-state index is -1.04. The number of rotatable bonds is 5. The largest absolute Gasteiger partial charge is 0.342 e. The highest BCUT2D eigenvalue weighted by atomic mass is 19.1. The van der Waals surface area contributed by atoms with Crippen LogP contribution in [0.5, 0.6) is 0 Å². The van der Waals surface area contributed by atoms with Crippen molar-refractivity contribution in [1.29, 1.82) is 0 Å². The van der Waals surface area contributed by atoms with Gasteiger partial charge < -0.3 is 10.2 Å². The molecule has 2 aromatic rings. The standard InChI is InChI=1S/C23H24F2N4O3/c1-23(21(31)29(22(32)27-23)14-15-2-6-26-7-3-15)17-4-8-28(9-5-17)20(30)12-16-10-18(24)13-19(25)11-16/h2-3,6-7,10-11,13,17H,4-5,8-9,12,14H2,1H3,(H,27,32)/t23-/m1/s1. The van der Waals surface area contributed by atoms with E-state index in [1.54, 1.807) is 36.4 Å². The summed E-state index contributed by atoms with van der Waals surface area (Å²) in [5.41, 5.74) is 0.0545. The van der Waals surface area contributed by atoms with Crippen LogP contribution in [0.15, 0.2) is 42.7 Å². The zero-order valence-corrected chi connectivity index (χ0v) is 17.7. The van der Waals surface area contributed by atoms with Gasteiger partial charge in [0.05, 0.1) is 13.0 Å². The molecule has 2 aliphatic heterocycles. The van der Waals surface area contributed by atoms with E-state index in [1.807, 2.05) is 0 Å². The van der Waals surface area contributed by atoms with Gasteiger partial charge in [-0.25, -0.2) is 13.6 Å². The van der Waals surface area contributed by atoms with Crippen molar-refractivity contribution in [2.75, 3.05) is 13.1 Å². The number of carbonyl (C=O) groups excluding carboxylic acids is 3. The van der Waals surface area contributed by atoms with Crippen LogP contribution in [0.3, 0.4) is 0 Å². The molecule has 168 valence electrons. The molecular weight excluding hydrogens is 418 g/mol. The van der Waals surface area contributed by atoms with Crippen molar-refractivity contribution in [1.82, 2.24) is 20.1 Å². The maximum atomic E-state index is 13.4. The smallest absolute Gasteiger partial charge is 0.325 e. The van der Waals surface area contributed by atoms with Gasteiger partial charge in [0.2, 0.25) is 5.91 Å². The lowest BCUT2D eigenvalue weighted by Gasteiger charge is -2.39. The summed E-state index contributed by atoms with van der Waals surface area (Å²) < 4.78 is 26.8. The molecule has 0 unspecified atom stereocenters. The Hall–Kier alpha value is -3.36. The lowest BCUT2D eigenvalue weighted by molar-refractivity contribution is -0.135. The van der Waals surface area contributed by atoms with Gasteiger partial charge in [0.1, 0.15) is 17.2 Å². The fourth-order valence-corrected chi connectivity index (χ4v) is 4.51. The number of nitrogens with one attached hydrogen (secondary N) is 1. The van der Waals surface area contributed by atoms with Gasteiger partial charge in [-0.3, -0.25) is 19.5 Å². The number of amides is 4. The molecule has 1 atom stereocenters. The summed E-state index contributed by atoms with van der Waals surface area (Å²) in [5.74, 6) is -2.06. The number of pyridine rings is 1. The van der Waals surface area contributed by atoms with Crippen LogP contribution in [0.4, 0.5) is 13.6 Å². The van der Waals surface area contributed by atoms with Gasteiger partial charge >= 0.3 is 6.03 Å². The zero-order chi connectivity index (χ0) is 22.9. The van der Waals surface area contributed by atoms with Crippen LogP contribution >= 0.6 is 0 Å². The quantitative estimate of drug-likeness (QED) is 0.722. The Labute approximate surface area is 184 Å². The Balaban J connectivity index is 1.37. The van der Waals surface area contributed by atoms with Crippen molar-refractivity contribution < 1.29 is 23.2 Å². The van der Waals surface area contributed by atoms with E-state index in [-0.39, 0.29) is 36.3 Å². The summed E-state index contributed by atoms with van der Waals surface area (Å²) in [6.07, 6.45) is 4.20. The predicted molar refractivity (Wildman–Crippen MR) is 111 cm³/mol. The van der Waals surface area contributed by atoms with Crippen molar-refractivity contribution in [2.24, 2.45) is 5.92 Å². The minimum Gasteiger partial charge on any atom is -0.342 e. The Kier molecular flexibility index (Phi) is 5.90. The minimum absolute atomic E-state index is 0.0913. The number of nitrogens with zero attached hydrogens (tertiary/aromatic N) is 3. The molecular formula is C23H24F2N4O3. The lowest BCUT2D eigenvalue weighted by atomic mass is 9.78. The highest BCUT2D eigenvalue weighted by Crippen LogP contribution is 2.34. The second kappa shape index (κ2) is 8.64. The topological polar surface area (TPSA) is 82.6 Å². The predicted octanol–water partition coefficient (Wildman–Crippen LogP) is 2.65. The fraction of sp³-hybridized carbons (Fsp3) is 0.391. The molecule has 2 saturated heterocycles. The number of carbonyl (C=O) groups is 3. The lowest BCUT2D eigenvalue weighted by Crippen LogP contribution is -2.54. The number of imide groups is 1. The molecule has 0 bridgehead atoms. The number of hydrogen-bond donors (Lipinski definition) is 1. The number of piperidine rings is 1. The van der Waals surface area contributed by atoms with E-state index in [1.165, 1.54) is 4.90 Å². The monoisotopic (exact) mass is 442 g/mol. The summed E-state index contributed by atoms with van der Waals surface area (Å²) in [6, 6.07) is 6.15. The molecule has 1 aromatic heterocycles. The van der Waals surface area contributed by atoms with Gasteiger partial charge in [0.25, 0.3) is 5.91 Å². The average Bonchev–Trinajstić information content (AvgIpc) is 2.98. The number of benzene rings is 1. The average molecular weight is 442 g/mol. The maximum absolute atomic E-state index is 13.4. The molecule has 4 rings (SSSR count). The van der Waals surface area contributed by atoms with E-state index in [9.17, 15) is 23.2 Å². The van der Waals surface area contributed by atoms with E-state index >= 15 is 0 Å². The van der Waals surface area contributed by atoms with Gasteiger partial charge in [-0.1, -0.05) is 0 Å². The van der Waals surface area contributed by atoms with Crippen molar-refractivity contribution in [2.45, 2.75) is 38.3 Å². The first-order chi connectivity index (χ1) is 15.3. The van der Waals surface area contributed by atoms with Crippen LogP contribution in [0.25, 0.3) is 0 Å². The first-order valence-electron chi connectivity index (χ1n) is 10.5. The summed E-state index contributed by atoms with van der Waals surface area (Å²) >= 11 is 0. The molecule has 7 nitrogen and oxygen atoms in total. The van der Waals surface area contributed by atoms with Gasteiger partial charge in [0.15, 0.2) is 0 Å². The molecule has 9 heteroatoms. The molecule has 0 aliphatic carbocycles. The van der Waals surface area contributed by atoms with Crippen LogP contribution in [0, 0.1) is 17.6 Å². The number of likely N-dealkylation sites (tertiary alicyclic amines) is 1. The molecule has 3 heterocycles. The first-order valence-corrected chi connectivity index (χ1v) is 10.5. The second-order valence-corrected chi connectivity index (χ2v) is 8.49. The summed E-state index contributed by atoms with van der Waals surface area (Å²) in [4.78, 5) is 45.1. The number of aromatic nitrogens is 1. The maximum Gasteiger partial charge on any atom is 0.325 e. The third-order valence-corrected chi connectivity index (χ3v) is 6.33. The molecule has 1 N–H and O–H groups in total. The normalized spacial score (nSPS) is 21.7. The molecule has 32 heavy (non-hydrogen) atoms. The Bertz CT molecular complexity index is 1020. The van der Waals surface area contributed by atoms with Crippen molar-refractivity contribution in [3.63, 3.8) is 0 Å².